The fourth-order valence-electron chi connectivity index (χ4n) is 5.37. The second-order valence-electron chi connectivity index (χ2n) is 11.7. The van der Waals surface area contributed by atoms with E-state index in [2.05, 4.69) is 30.0 Å². The van der Waals surface area contributed by atoms with Crippen LogP contribution in [0.2, 0.25) is 0 Å². The van der Waals surface area contributed by atoms with Gasteiger partial charge >= 0.3 is 5.97 Å². The van der Waals surface area contributed by atoms with Gasteiger partial charge in [-0.2, -0.15) is 5.26 Å². The maximum Gasteiger partial charge on any atom is 0.318 e. The molecular formula is C31H41N3O5S. The van der Waals surface area contributed by atoms with Crippen LogP contribution in [0.5, 0.6) is 0 Å². The van der Waals surface area contributed by atoms with Gasteiger partial charge in [-0.15, -0.1) is 0 Å². The van der Waals surface area contributed by atoms with Gasteiger partial charge in [0.05, 0.1) is 22.6 Å². The van der Waals surface area contributed by atoms with Crippen molar-refractivity contribution in [3.05, 3.63) is 64.2 Å². The zero-order valence-electron chi connectivity index (χ0n) is 24.2. The number of Topliss-reactive ketones (excluding diaryl/α,β-unsaturated/α-hetero) is 1. The van der Waals surface area contributed by atoms with Crippen LogP contribution in [0.1, 0.15) is 100.0 Å². The second-order valence-corrected chi connectivity index (χ2v) is 13.4. The predicted molar refractivity (Wildman–Crippen MR) is 155 cm³/mol. The molecule has 0 amide bonds. The number of benzene rings is 2. The van der Waals surface area contributed by atoms with Crippen LogP contribution in [0.25, 0.3) is 0 Å². The van der Waals surface area contributed by atoms with E-state index in [1.54, 1.807) is 24.3 Å². The molecule has 1 unspecified atom stereocenters. The number of hydrogen-bond donors (Lipinski definition) is 3. The van der Waals surface area contributed by atoms with Gasteiger partial charge in [0.2, 0.25) is 10.0 Å². The number of carboxylic acid groups (broad SMARTS) is 1. The third-order valence-corrected chi connectivity index (χ3v) is 9.33. The molecule has 8 nitrogen and oxygen atoms in total. The number of nitriles is 1. The highest BCUT2D eigenvalue weighted by molar-refractivity contribution is 7.89. The predicted octanol–water partition coefficient (Wildman–Crippen LogP) is 4.84. The van der Waals surface area contributed by atoms with E-state index in [-0.39, 0.29) is 42.0 Å². The third-order valence-electron chi connectivity index (χ3n) is 7.72. The smallest absolute Gasteiger partial charge is 0.318 e. The minimum absolute atomic E-state index is 0.0742. The van der Waals surface area contributed by atoms with Gasteiger partial charge in [-0.3, -0.25) is 9.59 Å². The summed E-state index contributed by atoms with van der Waals surface area (Å²) in [7, 11) is -4.27. The Morgan fingerprint density at radius 2 is 1.68 bits per heavy atom. The largest absolute Gasteiger partial charge is 0.480 e. The van der Waals surface area contributed by atoms with E-state index in [1.165, 1.54) is 0 Å². The normalized spacial score (nSPS) is 18.6. The van der Waals surface area contributed by atoms with Crippen molar-refractivity contribution in [2.24, 2.45) is 5.41 Å². The van der Waals surface area contributed by atoms with Gasteiger partial charge in [0.15, 0.2) is 5.78 Å². The van der Waals surface area contributed by atoms with Crippen molar-refractivity contribution in [2.75, 3.05) is 13.1 Å². The Labute approximate surface area is 238 Å². The summed E-state index contributed by atoms with van der Waals surface area (Å²) in [5.41, 5.74) is 1.52. The highest BCUT2D eigenvalue weighted by Gasteiger charge is 2.50. The van der Waals surface area contributed by atoms with Crippen molar-refractivity contribution >= 4 is 21.8 Å². The zero-order valence-corrected chi connectivity index (χ0v) is 25.1. The molecule has 1 heterocycles. The number of carbonyl (C=O) groups excluding carboxylic acids is 1. The molecule has 3 rings (SSSR count). The fraction of sp³-hybridized carbons (Fsp3) is 0.516. The number of piperidine rings is 1. The topological polar surface area (TPSA) is 136 Å². The molecule has 1 aliphatic heterocycles. The molecule has 3 N–H and O–H groups in total. The van der Waals surface area contributed by atoms with Gasteiger partial charge in [-0.05, 0) is 77.9 Å². The van der Waals surface area contributed by atoms with E-state index in [9.17, 15) is 28.4 Å². The SMILES string of the molecule is CC(C)c1cc(C(C)C)c(S(=O)(=O)N[C@@H](Cc2cccc(C#N)c2)C(=O)C2(C(=O)O)CCCNC2)c(C(C)C)c1. The molecule has 2 atom stereocenters. The number of ketones is 1. The van der Waals surface area contributed by atoms with Crippen molar-refractivity contribution < 1.29 is 23.1 Å². The van der Waals surface area contributed by atoms with Gasteiger partial charge < -0.3 is 10.4 Å². The first-order valence-electron chi connectivity index (χ1n) is 13.9. The summed E-state index contributed by atoms with van der Waals surface area (Å²) in [6.45, 7) is 12.4. The summed E-state index contributed by atoms with van der Waals surface area (Å²) in [5, 5.41) is 22.6. The number of nitrogens with one attached hydrogen (secondary N) is 2. The van der Waals surface area contributed by atoms with Crippen LogP contribution in [0.4, 0.5) is 0 Å². The van der Waals surface area contributed by atoms with Crippen LogP contribution >= 0.6 is 0 Å². The number of carbonyl (C=O) groups is 2. The number of rotatable bonds is 11. The van der Waals surface area contributed by atoms with Crippen LogP contribution < -0.4 is 10.0 Å². The average molecular weight is 568 g/mol. The molecule has 1 saturated heterocycles. The van der Waals surface area contributed by atoms with E-state index in [0.717, 1.165) is 5.56 Å². The lowest BCUT2D eigenvalue weighted by Gasteiger charge is -2.35. The average Bonchev–Trinajstić information content (AvgIpc) is 2.91. The first-order chi connectivity index (χ1) is 18.7. The minimum Gasteiger partial charge on any atom is -0.480 e. The van der Waals surface area contributed by atoms with Crippen molar-refractivity contribution in [1.82, 2.24) is 10.0 Å². The van der Waals surface area contributed by atoms with Crippen LogP contribution in [0.15, 0.2) is 41.3 Å². The van der Waals surface area contributed by atoms with Crippen molar-refractivity contribution in [1.29, 1.82) is 5.26 Å². The first-order valence-corrected chi connectivity index (χ1v) is 15.4. The fourth-order valence-corrected chi connectivity index (χ4v) is 7.27. The quantitative estimate of drug-likeness (QED) is 0.331. The summed E-state index contributed by atoms with van der Waals surface area (Å²) < 4.78 is 31.2. The maximum absolute atomic E-state index is 14.3. The summed E-state index contributed by atoms with van der Waals surface area (Å²) in [6.07, 6.45) is 0.510. The van der Waals surface area contributed by atoms with Crippen molar-refractivity contribution in [2.45, 2.75) is 89.5 Å². The van der Waals surface area contributed by atoms with E-state index >= 15 is 0 Å². The maximum atomic E-state index is 14.3. The highest BCUT2D eigenvalue weighted by Crippen LogP contribution is 2.36. The van der Waals surface area contributed by atoms with Gasteiger partial charge in [0.1, 0.15) is 5.41 Å². The summed E-state index contributed by atoms with van der Waals surface area (Å²) >= 11 is 0. The molecule has 0 saturated carbocycles. The Bertz CT molecular complexity index is 1370. The molecular weight excluding hydrogens is 526 g/mol. The Hall–Kier alpha value is -3.06. The van der Waals surface area contributed by atoms with E-state index < -0.39 is 33.2 Å². The Morgan fingerprint density at radius 3 is 2.15 bits per heavy atom. The van der Waals surface area contributed by atoms with E-state index in [1.807, 2.05) is 39.8 Å². The molecule has 0 spiro atoms. The first kappa shape index (κ1) is 31.5. The number of hydrogen-bond acceptors (Lipinski definition) is 6. The molecule has 0 radical (unpaired) electrons. The molecule has 40 heavy (non-hydrogen) atoms. The molecule has 2 aromatic rings. The third kappa shape index (κ3) is 6.63. The lowest BCUT2D eigenvalue weighted by atomic mass is 9.74. The van der Waals surface area contributed by atoms with E-state index in [0.29, 0.717) is 35.2 Å². The minimum atomic E-state index is -4.27. The molecule has 9 heteroatoms. The van der Waals surface area contributed by atoms with Crippen LogP contribution in [0, 0.1) is 16.7 Å². The number of carboxylic acids is 1. The molecule has 1 fully saturated rings. The lowest BCUT2D eigenvalue weighted by molar-refractivity contribution is -0.157. The number of sulfonamides is 1. The molecule has 0 bridgehead atoms. The Balaban J connectivity index is 2.19. The molecule has 216 valence electrons. The summed E-state index contributed by atoms with van der Waals surface area (Å²) in [6, 6.07) is 11.1. The highest BCUT2D eigenvalue weighted by atomic mass is 32.2. The zero-order chi connectivity index (χ0) is 29.8. The summed E-state index contributed by atoms with van der Waals surface area (Å²) in [5.74, 6) is -1.99. The Kier molecular flexibility index (Phi) is 9.94. The standard InChI is InChI=1S/C31H41N3O5S/c1-19(2)24-15-25(20(3)4)28(26(16-24)21(5)6)40(38,39)34-27(14-22-9-7-10-23(13-22)17-32)29(35)31(30(36)37)11-8-12-33-18-31/h7,9-10,13,15-16,19-21,27,33-34H,8,11-12,14,18H2,1-6H3,(H,36,37)/t27-,31?/m0/s1. The van der Waals surface area contributed by atoms with Crippen LogP contribution in [-0.2, 0) is 26.0 Å². The monoisotopic (exact) mass is 567 g/mol. The van der Waals surface area contributed by atoms with Gasteiger partial charge in [-0.25, -0.2) is 13.1 Å². The molecule has 0 aromatic heterocycles. The Morgan fingerprint density at radius 1 is 1.05 bits per heavy atom. The second kappa shape index (κ2) is 12.6. The van der Waals surface area contributed by atoms with E-state index in [4.69, 9.17) is 0 Å². The number of nitrogens with zero attached hydrogens (tertiary/aromatic N) is 1. The van der Waals surface area contributed by atoms with Gasteiger partial charge in [-0.1, -0.05) is 65.8 Å². The van der Waals surface area contributed by atoms with Crippen LogP contribution in [-0.4, -0.2) is 44.4 Å². The van der Waals surface area contributed by atoms with Crippen molar-refractivity contribution in [3.63, 3.8) is 0 Å². The summed E-state index contributed by atoms with van der Waals surface area (Å²) in [4.78, 5) is 26.8. The number of aliphatic carboxylic acids is 1. The lowest BCUT2D eigenvalue weighted by Crippen LogP contribution is -2.58. The molecule has 1 aliphatic rings. The van der Waals surface area contributed by atoms with Gasteiger partial charge in [0.25, 0.3) is 0 Å². The molecule has 2 aromatic carbocycles. The van der Waals surface area contributed by atoms with Gasteiger partial charge in [0, 0.05) is 6.54 Å². The van der Waals surface area contributed by atoms with Crippen LogP contribution in [0.3, 0.4) is 0 Å². The molecule has 0 aliphatic carbocycles. The van der Waals surface area contributed by atoms with Crippen molar-refractivity contribution in [3.8, 4) is 6.07 Å².